The molecule has 1 N–H and O–H groups in total. The molecule has 2 heterocycles. The number of allylic oxidation sites excluding steroid dienone is 1. The smallest absolute Gasteiger partial charge is 0.290 e. The monoisotopic (exact) mass is 323 g/mol. The van der Waals surface area contributed by atoms with Gasteiger partial charge in [-0.2, -0.15) is 0 Å². The number of carbonyl (C=O) groups is 2. The number of aliphatic hydroxyl groups excluding tert-OH is 1. The number of carbonyl (C=O) groups excluding carboxylic acids is 2. The highest BCUT2D eigenvalue weighted by molar-refractivity contribution is 6.14. The molecule has 0 radical (unpaired) electrons. The number of amides is 1. The summed E-state index contributed by atoms with van der Waals surface area (Å²) >= 11 is 0. The summed E-state index contributed by atoms with van der Waals surface area (Å²) in [6, 6.07) is 12.0. The van der Waals surface area contributed by atoms with Gasteiger partial charge in [0.05, 0.1) is 17.9 Å². The van der Waals surface area contributed by atoms with E-state index in [1.54, 1.807) is 12.1 Å². The number of hydrogen-bond acceptors (Lipinski definition) is 4. The molecule has 1 amide bonds. The van der Waals surface area contributed by atoms with Gasteiger partial charge in [0, 0.05) is 6.54 Å². The van der Waals surface area contributed by atoms with Gasteiger partial charge in [-0.05, 0) is 36.8 Å². The van der Waals surface area contributed by atoms with E-state index in [4.69, 9.17) is 4.42 Å². The minimum absolute atomic E-state index is 0.0934. The van der Waals surface area contributed by atoms with Crippen LogP contribution in [-0.4, -0.2) is 28.2 Å². The van der Waals surface area contributed by atoms with E-state index in [0.717, 1.165) is 5.56 Å². The Morgan fingerprint density at radius 3 is 2.62 bits per heavy atom. The highest BCUT2D eigenvalue weighted by atomic mass is 16.3. The fourth-order valence-electron chi connectivity index (χ4n) is 2.85. The first kappa shape index (κ1) is 15.8. The van der Waals surface area contributed by atoms with Crippen molar-refractivity contribution in [2.75, 3.05) is 6.54 Å². The van der Waals surface area contributed by atoms with E-state index in [0.29, 0.717) is 12.3 Å². The van der Waals surface area contributed by atoms with Crippen LogP contribution in [0, 0.1) is 0 Å². The summed E-state index contributed by atoms with van der Waals surface area (Å²) in [6.45, 7) is 2.20. The van der Waals surface area contributed by atoms with Gasteiger partial charge in [-0.1, -0.05) is 30.3 Å². The van der Waals surface area contributed by atoms with Crippen LogP contribution in [0.5, 0.6) is 0 Å². The van der Waals surface area contributed by atoms with Gasteiger partial charge in [0.15, 0.2) is 11.5 Å². The summed E-state index contributed by atoms with van der Waals surface area (Å²) < 4.78 is 5.15. The molecule has 1 aromatic heterocycles. The van der Waals surface area contributed by atoms with Crippen molar-refractivity contribution in [2.45, 2.75) is 13.0 Å². The third kappa shape index (κ3) is 2.76. The Labute approximate surface area is 139 Å². The second kappa shape index (κ2) is 6.58. The molecule has 122 valence electrons. The molecule has 1 aliphatic rings. The van der Waals surface area contributed by atoms with E-state index in [9.17, 15) is 14.7 Å². The molecule has 5 nitrogen and oxygen atoms in total. The summed E-state index contributed by atoms with van der Waals surface area (Å²) in [5.74, 6) is -0.903. The zero-order valence-corrected chi connectivity index (χ0v) is 13.2. The minimum Gasteiger partial charge on any atom is -0.503 e. The first-order valence-electron chi connectivity index (χ1n) is 7.68. The van der Waals surface area contributed by atoms with Crippen LogP contribution in [0.4, 0.5) is 0 Å². The molecule has 0 bridgehead atoms. The topological polar surface area (TPSA) is 70.8 Å². The number of ketones is 1. The number of furan rings is 1. The third-order valence-corrected chi connectivity index (χ3v) is 3.97. The molecule has 0 aliphatic carbocycles. The van der Waals surface area contributed by atoms with Crippen LogP contribution >= 0.6 is 0 Å². The predicted molar refractivity (Wildman–Crippen MR) is 89.0 cm³/mol. The van der Waals surface area contributed by atoms with E-state index < -0.39 is 23.5 Å². The standard InChI is InChI=1S/C19H17NO4/c1-2-20-17(13-7-4-3-5-8-13)16(18(22)19(20)23)15(21)11-10-14-9-6-12-24-14/h3-12,17,22H,2H2,1H3/b11-10+. The number of nitrogens with zero attached hydrogens (tertiary/aromatic N) is 1. The van der Waals surface area contributed by atoms with Gasteiger partial charge in [0.2, 0.25) is 0 Å². The zero-order valence-electron chi connectivity index (χ0n) is 13.2. The number of aliphatic hydroxyl groups is 1. The van der Waals surface area contributed by atoms with Crippen LogP contribution in [0.15, 0.2) is 70.6 Å². The van der Waals surface area contributed by atoms with Crippen LogP contribution in [0.2, 0.25) is 0 Å². The highest BCUT2D eigenvalue weighted by Gasteiger charge is 2.41. The first-order chi connectivity index (χ1) is 11.6. The summed E-state index contributed by atoms with van der Waals surface area (Å²) in [5.41, 5.74) is 0.877. The van der Waals surface area contributed by atoms with Crippen molar-refractivity contribution in [3.8, 4) is 0 Å². The van der Waals surface area contributed by atoms with Gasteiger partial charge in [-0.25, -0.2) is 0 Å². The van der Waals surface area contributed by atoms with E-state index in [-0.39, 0.29) is 5.57 Å². The van der Waals surface area contributed by atoms with Crippen LogP contribution < -0.4 is 0 Å². The Kier molecular flexibility index (Phi) is 4.33. The van der Waals surface area contributed by atoms with Crippen molar-refractivity contribution in [3.05, 3.63) is 77.5 Å². The van der Waals surface area contributed by atoms with Gasteiger partial charge in [0.1, 0.15) is 5.76 Å². The Morgan fingerprint density at radius 2 is 2.00 bits per heavy atom. The molecule has 0 spiro atoms. The lowest BCUT2D eigenvalue weighted by atomic mass is 9.96. The van der Waals surface area contributed by atoms with E-state index in [1.165, 1.54) is 23.3 Å². The predicted octanol–water partition coefficient (Wildman–Crippen LogP) is 3.28. The fraction of sp³-hybridized carbons (Fsp3) is 0.158. The van der Waals surface area contributed by atoms with Gasteiger partial charge >= 0.3 is 0 Å². The van der Waals surface area contributed by atoms with Crippen molar-refractivity contribution < 1.29 is 19.1 Å². The number of hydrogen-bond donors (Lipinski definition) is 1. The molecule has 0 saturated carbocycles. The third-order valence-electron chi connectivity index (χ3n) is 3.97. The lowest BCUT2D eigenvalue weighted by Crippen LogP contribution is -2.30. The summed E-state index contributed by atoms with van der Waals surface area (Å²) in [6.07, 6.45) is 4.34. The first-order valence-corrected chi connectivity index (χ1v) is 7.68. The maximum atomic E-state index is 12.6. The molecule has 2 aromatic rings. The lowest BCUT2D eigenvalue weighted by molar-refractivity contribution is -0.129. The second-order valence-corrected chi connectivity index (χ2v) is 5.38. The molecular weight excluding hydrogens is 306 g/mol. The van der Waals surface area contributed by atoms with Gasteiger partial charge in [-0.15, -0.1) is 0 Å². The Morgan fingerprint density at radius 1 is 1.25 bits per heavy atom. The average molecular weight is 323 g/mol. The van der Waals surface area contributed by atoms with Crippen LogP contribution in [0.3, 0.4) is 0 Å². The van der Waals surface area contributed by atoms with Crippen LogP contribution in [0.1, 0.15) is 24.3 Å². The Balaban J connectivity index is 1.99. The number of rotatable bonds is 5. The molecule has 3 rings (SSSR count). The summed E-state index contributed by atoms with van der Waals surface area (Å²) in [5, 5.41) is 10.2. The highest BCUT2D eigenvalue weighted by Crippen LogP contribution is 2.37. The van der Waals surface area contributed by atoms with Crippen molar-refractivity contribution in [3.63, 3.8) is 0 Å². The SMILES string of the molecule is CCN1C(=O)C(O)=C(C(=O)/C=C/c2ccco2)C1c1ccccc1. The van der Waals surface area contributed by atoms with Gasteiger partial charge in [-0.3, -0.25) is 9.59 Å². The number of likely N-dealkylation sites (N-methyl/N-ethyl adjacent to an activating group) is 1. The molecule has 1 aliphatic heterocycles. The van der Waals surface area contributed by atoms with Gasteiger partial charge < -0.3 is 14.4 Å². The fourth-order valence-corrected chi connectivity index (χ4v) is 2.85. The molecule has 1 atom stereocenters. The average Bonchev–Trinajstić information content (AvgIpc) is 3.21. The second-order valence-electron chi connectivity index (χ2n) is 5.38. The molecule has 1 aromatic carbocycles. The van der Waals surface area contributed by atoms with E-state index >= 15 is 0 Å². The number of benzene rings is 1. The van der Waals surface area contributed by atoms with Gasteiger partial charge in [0.25, 0.3) is 5.91 Å². The quantitative estimate of drug-likeness (QED) is 0.857. The molecule has 5 heteroatoms. The Bertz CT molecular complexity index is 803. The summed E-state index contributed by atoms with van der Waals surface area (Å²) in [7, 11) is 0. The molecule has 1 unspecified atom stereocenters. The van der Waals surface area contributed by atoms with Crippen LogP contribution in [-0.2, 0) is 9.59 Å². The molecule has 24 heavy (non-hydrogen) atoms. The summed E-state index contributed by atoms with van der Waals surface area (Å²) in [4.78, 5) is 26.4. The zero-order chi connectivity index (χ0) is 17.1. The molecule has 0 fully saturated rings. The minimum atomic E-state index is -0.586. The molecular formula is C19H17NO4. The Hall–Kier alpha value is -3.08. The van der Waals surface area contributed by atoms with Crippen molar-refractivity contribution in [2.24, 2.45) is 0 Å². The van der Waals surface area contributed by atoms with E-state index in [1.807, 2.05) is 37.3 Å². The maximum absolute atomic E-state index is 12.6. The van der Waals surface area contributed by atoms with Crippen molar-refractivity contribution in [1.29, 1.82) is 0 Å². The van der Waals surface area contributed by atoms with Crippen molar-refractivity contribution in [1.82, 2.24) is 4.90 Å². The largest absolute Gasteiger partial charge is 0.503 e. The van der Waals surface area contributed by atoms with Crippen molar-refractivity contribution >= 4 is 17.8 Å². The molecule has 0 saturated heterocycles. The lowest BCUT2D eigenvalue weighted by Gasteiger charge is -2.25. The van der Waals surface area contributed by atoms with E-state index in [2.05, 4.69) is 0 Å². The normalized spacial score (nSPS) is 18.0. The van der Waals surface area contributed by atoms with Crippen LogP contribution in [0.25, 0.3) is 6.08 Å². The maximum Gasteiger partial charge on any atom is 0.290 e.